The monoisotopic (exact) mass is 414 g/mol. The molecule has 0 aromatic heterocycles. The van der Waals surface area contributed by atoms with Crippen LogP contribution in [0, 0.1) is 12.8 Å². The Balaban J connectivity index is 1.60. The number of methoxy groups -OCH3 is 1. The number of aryl methyl sites for hydroxylation is 1. The van der Waals surface area contributed by atoms with Crippen LogP contribution in [0.1, 0.15) is 17.2 Å². The maximum Gasteiger partial charge on any atom is 0.266 e. The highest BCUT2D eigenvalue weighted by molar-refractivity contribution is 6.24. The van der Waals surface area contributed by atoms with E-state index < -0.39 is 18.1 Å². The Bertz CT molecular complexity index is 1150. The Labute approximate surface area is 180 Å². The molecule has 6 nitrogen and oxygen atoms in total. The van der Waals surface area contributed by atoms with Crippen molar-refractivity contribution in [2.75, 3.05) is 17.1 Å². The smallest absolute Gasteiger partial charge is 0.266 e. The van der Waals surface area contributed by atoms with Gasteiger partial charge in [0.25, 0.3) is 5.91 Å². The van der Waals surface area contributed by atoms with E-state index in [4.69, 9.17) is 9.57 Å². The molecule has 2 aliphatic rings. The SMILES string of the molecule is COc1cccc(N2C(=O)[C@H]3[C@@H](ON(c4ccccc4)[C@H]3c3ccccc3C)C2=O)c1. The standard InChI is InChI=1S/C25H22N2O4/c1-16-9-6-7-14-20(16)22-21-23(31-27(22)17-10-4-3-5-11-17)25(29)26(24(21)28)18-12-8-13-19(15-18)30-2/h3-15,21-23H,1-2H3/t21-,22+,23-/m1/s1. The number of para-hydroxylation sites is 1. The van der Waals surface area contributed by atoms with Gasteiger partial charge in [-0.1, -0.05) is 48.5 Å². The van der Waals surface area contributed by atoms with Crippen LogP contribution in [0.4, 0.5) is 11.4 Å². The van der Waals surface area contributed by atoms with Crippen LogP contribution in [-0.2, 0) is 14.4 Å². The second-order valence-corrected chi connectivity index (χ2v) is 7.73. The van der Waals surface area contributed by atoms with Crippen molar-refractivity contribution in [1.29, 1.82) is 0 Å². The second-order valence-electron chi connectivity index (χ2n) is 7.73. The minimum absolute atomic E-state index is 0.269. The van der Waals surface area contributed by atoms with Crippen molar-refractivity contribution in [3.8, 4) is 5.75 Å². The molecule has 2 heterocycles. The molecule has 156 valence electrons. The van der Waals surface area contributed by atoms with Crippen molar-refractivity contribution in [2.24, 2.45) is 5.92 Å². The van der Waals surface area contributed by atoms with E-state index in [-0.39, 0.29) is 11.8 Å². The summed E-state index contributed by atoms with van der Waals surface area (Å²) in [5, 5.41) is 1.72. The number of imide groups is 1. The van der Waals surface area contributed by atoms with Crippen LogP contribution >= 0.6 is 0 Å². The first-order valence-corrected chi connectivity index (χ1v) is 10.2. The molecule has 0 radical (unpaired) electrons. The topological polar surface area (TPSA) is 59.1 Å². The number of anilines is 2. The van der Waals surface area contributed by atoms with Crippen molar-refractivity contribution in [1.82, 2.24) is 0 Å². The summed E-state index contributed by atoms with van der Waals surface area (Å²) < 4.78 is 5.27. The van der Waals surface area contributed by atoms with Crippen LogP contribution in [-0.4, -0.2) is 25.0 Å². The van der Waals surface area contributed by atoms with Crippen LogP contribution in [0.25, 0.3) is 0 Å². The van der Waals surface area contributed by atoms with Gasteiger partial charge in [0.1, 0.15) is 11.7 Å². The van der Waals surface area contributed by atoms with Crippen LogP contribution in [0.3, 0.4) is 0 Å². The zero-order valence-electron chi connectivity index (χ0n) is 17.3. The lowest BCUT2D eigenvalue weighted by Crippen LogP contribution is -2.37. The largest absolute Gasteiger partial charge is 0.497 e. The molecule has 3 atom stereocenters. The molecule has 2 amide bonds. The summed E-state index contributed by atoms with van der Waals surface area (Å²) in [5.74, 6) is -0.701. The van der Waals surface area contributed by atoms with Crippen LogP contribution in [0.2, 0.25) is 0 Å². The average Bonchev–Trinajstić information content (AvgIpc) is 3.31. The highest BCUT2D eigenvalue weighted by atomic mass is 16.7. The average molecular weight is 414 g/mol. The second kappa shape index (κ2) is 7.56. The predicted molar refractivity (Wildman–Crippen MR) is 117 cm³/mol. The molecule has 2 saturated heterocycles. The first-order valence-electron chi connectivity index (χ1n) is 10.2. The normalized spacial score (nSPS) is 22.7. The van der Waals surface area contributed by atoms with E-state index in [2.05, 4.69) is 0 Å². The lowest BCUT2D eigenvalue weighted by molar-refractivity contribution is -0.126. The number of amides is 2. The summed E-state index contributed by atoms with van der Waals surface area (Å²) in [6.45, 7) is 2.01. The molecule has 3 aromatic rings. The first kappa shape index (κ1) is 19.3. The van der Waals surface area contributed by atoms with E-state index in [9.17, 15) is 9.59 Å². The molecular formula is C25H22N2O4. The van der Waals surface area contributed by atoms with Gasteiger partial charge in [-0.2, -0.15) is 0 Å². The number of nitrogens with zero attached hydrogens (tertiary/aromatic N) is 2. The van der Waals surface area contributed by atoms with Gasteiger partial charge in [-0.15, -0.1) is 0 Å². The Hall–Kier alpha value is -3.64. The highest BCUT2D eigenvalue weighted by Gasteiger charge is 2.60. The van der Waals surface area contributed by atoms with Crippen molar-refractivity contribution in [3.05, 3.63) is 90.0 Å². The number of benzene rings is 3. The van der Waals surface area contributed by atoms with Gasteiger partial charge >= 0.3 is 0 Å². The number of rotatable bonds is 4. The van der Waals surface area contributed by atoms with Gasteiger partial charge in [0.2, 0.25) is 5.91 Å². The molecule has 0 N–H and O–H groups in total. The predicted octanol–water partition coefficient (Wildman–Crippen LogP) is 4.05. The summed E-state index contributed by atoms with van der Waals surface area (Å²) in [7, 11) is 1.55. The van der Waals surface area contributed by atoms with Crippen molar-refractivity contribution >= 4 is 23.2 Å². The molecule has 0 bridgehead atoms. The fourth-order valence-electron chi connectivity index (χ4n) is 4.45. The summed E-state index contributed by atoms with van der Waals surface area (Å²) >= 11 is 0. The van der Waals surface area contributed by atoms with E-state index >= 15 is 0 Å². The van der Waals surface area contributed by atoms with E-state index in [1.807, 2.05) is 61.5 Å². The number of carbonyl (C=O) groups excluding carboxylic acids is 2. The van der Waals surface area contributed by atoms with Gasteiger partial charge in [0.05, 0.1) is 24.5 Å². The van der Waals surface area contributed by atoms with E-state index in [1.165, 1.54) is 4.90 Å². The van der Waals surface area contributed by atoms with Crippen LogP contribution in [0.15, 0.2) is 78.9 Å². The number of hydrogen-bond acceptors (Lipinski definition) is 5. The van der Waals surface area contributed by atoms with Gasteiger partial charge in [-0.25, -0.2) is 9.96 Å². The van der Waals surface area contributed by atoms with Crippen LogP contribution in [0.5, 0.6) is 5.75 Å². The third-order valence-corrected chi connectivity index (χ3v) is 5.94. The molecular weight excluding hydrogens is 392 g/mol. The third kappa shape index (κ3) is 3.07. The third-order valence-electron chi connectivity index (χ3n) is 5.94. The van der Waals surface area contributed by atoms with E-state index in [0.717, 1.165) is 16.8 Å². The number of hydroxylamine groups is 1. The Morgan fingerprint density at radius 1 is 0.839 bits per heavy atom. The Kier molecular flexibility index (Phi) is 4.71. The zero-order valence-corrected chi connectivity index (χ0v) is 17.3. The summed E-state index contributed by atoms with van der Waals surface area (Å²) in [6, 6.07) is 24.0. The van der Waals surface area contributed by atoms with Gasteiger partial charge in [-0.3, -0.25) is 14.4 Å². The number of fused-ring (bicyclic) bond motifs is 1. The lowest BCUT2D eigenvalue weighted by atomic mass is 9.88. The molecule has 5 rings (SSSR count). The van der Waals surface area contributed by atoms with Crippen molar-refractivity contribution < 1.29 is 19.2 Å². The summed E-state index contributed by atoms with van der Waals surface area (Å²) in [4.78, 5) is 34.4. The van der Waals surface area contributed by atoms with E-state index in [0.29, 0.717) is 11.4 Å². The van der Waals surface area contributed by atoms with Gasteiger partial charge in [-0.05, 0) is 42.3 Å². The Morgan fingerprint density at radius 3 is 2.29 bits per heavy atom. The summed E-state index contributed by atoms with van der Waals surface area (Å²) in [6.07, 6.45) is -0.886. The Morgan fingerprint density at radius 2 is 1.55 bits per heavy atom. The molecule has 0 spiro atoms. The van der Waals surface area contributed by atoms with Gasteiger partial charge < -0.3 is 4.74 Å². The van der Waals surface area contributed by atoms with Gasteiger partial charge in [0.15, 0.2) is 6.10 Å². The number of carbonyl (C=O) groups is 2. The quantitative estimate of drug-likeness (QED) is 0.603. The molecule has 6 heteroatoms. The minimum Gasteiger partial charge on any atom is -0.497 e. The molecule has 0 aliphatic carbocycles. The zero-order chi connectivity index (χ0) is 21.5. The fourth-order valence-corrected chi connectivity index (χ4v) is 4.45. The van der Waals surface area contributed by atoms with Crippen molar-refractivity contribution in [2.45, 2.75) is 19.1 Å². The number of hydrogen-bond donors (Lipinski definition) is 0. The maximum absolute atomic E-state index is 13.6. The maximum atomic E-state index is 13.6. The highest BCUT2D eigenvalue weighted by Crippen LogP contribution is 2.48. The molecule has 2 fully saturated rings. The number of ether oxygens (including phenoxy) is 1. The first-order chi connectivity index (χ1) is 15.1. The molecule has 0 unspecified atom stereocenters. The van der Waals surface area contributed by atoms with Crippen molar-refractivity contribution in [3.63, 3.8) is 0 Å². The lowest BCUT2D eigenvalue weighted by Gasteiger charge is -2.29. The molecule has 0 saturated carbocycles. The van der Waals surface area contributed by atoms with E-state index in [1.54, 1.807) is 36.4 Å². The van der Waals surface area contributed by atoms with Crippen LogP contribution < -0.4 is 14.7 Å². The van der Waals surface area contributed by atoms with Gasteiger partial charge in [0, 0.05) is 6.07 Å². The molecule has 2 aliphatic heterocycles. The molecule has 31 heavy (non-hydrogen) atoms. The fraction of sp³-hybridized carbons (Fsp3) is 0.200. The molecule has 3 aromatic carbocycles. The minimum atomic E-state index is -0.886. The summed E-state index contributed by atoms with van der Waals surface area (Å²) in [5.41, 5.74) is 3.30.